The van der Waals surface area contributed by atoms with E-state index in [1.807, 2.05) is 0 Å². The molecule has 0 heterocycles. The molecule has 1 rings (SSSR count). The van der Waals surface area contributed by atoms with Crippen LogP contribution in [0.1, 0.15) is 76.7 Å². The first kappa shape index (κ1) is 20.3. The van der Waals surface area contributed by atoms with Crippen molar-refractivity contribution in [3.8, 4) is 0 Å². The Kier molecular flexibility index (Phi) is 16.7. The lowest BCUT2D eigenvalue weighted by atomic mass is 10.0. The Morgan fingerprint density at radius 3 is 1.71 bits per heavy atom. The molecule has 0 radical (unpaired) electrons. The molecular formula is C18H32O2P+. The van der Waals surface area contributed by atoms with Crippen molar-refractivity contribution in [1.29, 1.82) is 0 Å². The van der Waals surface area contributed by atoms with Gasteiger partial charge in [0.15, 0.2) is 0 Å². The fourth-order valence-corrected chi connectivity index (χ4v) is 2.46. The van der Waals surface area contributed by atoms with Crippen LogP contribution in [0.25, 0.3) is 0 Å². The van der Waals surface area contributed by atoms with Gasteiger partial charge < -0.3 is 0 Å². The topological polar surface area (TPSA) is 37.3 Å². The molecule has 0 saturated carbocycles. The van der Waals surface area contributed by atoms with E-state index in [1.165, 1.54) is 76.2 Å². The summed E-state index contributed by atoms with van der Waals surface area (Å²) in [5.41, 5.74) is 1.50. The Hall–Kier alpha value is -0.720. The third-order valence-corrected chi connectivity index (χ3v) is 3.66. The first-order chi connectivity index (χ1) is 10.3. The number of aryl methyl sites for hydroxylation is 1. The summed E-state index contributed by atoms with van der Waals surface area (Å²) in [6.07, 6.45) is 15.5. The zero-order valence-electron chi connectivity index (χ0n) is 13.5. The van der Waals surface area contributed by atoms with Crippen molar-refractivity contribution >= 4 is 8.69 Å². The predicted octanol–water partition coefficient (Wildman–Crippen LogP) is 6.07. The van der Waals surface area contributed by atoms with Crippen LogP contribution in [-0.2, 0) is 11.0 Å². The molecule has 1 atom stereocenters. The van der Waals surface area contributed by atoms with Crippen molar-refractivity contribution in [2.75, 3.05) is 0 Å². The molecule has 1 aromatic carbocycles. The summed E-state index contributed by atoms with van der Waals surface area (Å²) in [4.78, 5) is 7.04. The highest BCUT2D eigenvalue weighted by molar-refractivity contribution is 7.16. The van der Waals surface area contributed by atoms with Gasteiger partial charge in [0.2, 0.25) is 0 Å². The fourth-order valence-electron chi connectivity index (χ4n) is 2.46. The van der Waals surface area contributed by atoms with Gasteiger partial charge in [-0.1, -0.05) is 95.0 Å². The van der Waals surface area contributed by atoms with Crippen LogP contribution in [0.2, 0.25) is 0 Å². The van der Waals surface area contributed by atoms with Crippen LogP contribution in [0.4, 0.5) is 0 Å². The van der Waals surface area contributed by atoms with E-state index in [4.69, 9.17) is 9.46 Å². The normalized spacial score (nSPS) is 10.2. The maximum atomic E-state index is 8.51. The lowest BCUT2D eigenvalue weighted by molar-refractivity contribution is 0.524. The number of benzene rings is 1. The number of unbranched alkanes of at least 4 members (excludes halogenated alkanes) is 9. The highest BCUT2D eigenvalue weighted by atomic mass is 31.1. The maximum Gasteiger partial charge on any atom is 0.491 e. The van der Waals surface area contributed by atoms with Gasteiger partial charge in [0.25, 0.3) is 0 Å². The molecule has 2 nitrogen and oxygen atoms in total. The summed E-state index contributed by atoms with van der Waals surface area (Å²) >= 11 is 0. The van der Waals surface area contributed by atoms with Gasteiger partial charge in [-0.05, 0) is 23.0 Å². The minimum absolute atomic E-state index is 1.17. The molecule has 0 aliphatic rings. The molecule has 0 fully saturated rings. The molecule has 0 aliphatic carbocycles. The average molecular weight is 311 g/mol. The zero-order chi connectivity index (χ0) is 15.6. The van der Waals surface area contributed by atoms with Crippen molar-refractivity contribution in [2.45, 2.75) is 77.6 Å². The summed E-state index contributed by atoms with van der Waals surface area (Å²) in [6, 6.07) is 10.9. The Labute approximate surface area is 132 Å². The molecule has 1 unspecified atom stereocenters. The van der Waals surface area contributed by atoms with E-state index < -0.39 is 8.69 Å². The second kappa shape index (κ2) is 17.3. The first-order valence-corrected chi connectivity index (χ1v) is 9.25. The van der Waals surface area contributed by atoms with Crippen LogP contribution >= 0.6 is 8.69 Å². The van der Waals surface area contributed by atoms with Gasteiger partial charge in [-0.15, -0.1) is 0 Å². The van der Waals surface area contributed by atoms with Crippen LogP contribution < -0.4 is 0 Å². The van der Waals surface area contributed by atoms with Crippen molar-refractivity contribution in [1.82, 2.24) is 0 Å². The first-order valence-electron chi connectivity index (χ1n) is 8.40. The molecule has 0 bridgehead atoms. The van der Waals surface area contributed by atoms with E-state index in [0.29, 0.717) is 0 Å². The van der Waals surface area contributed by atoms with Crippen molar-refractivity contribution in [3.63, 3.8) is 0 Å². The lowest BCUT2D eigenvalue weighted by Crippen LogP contribution is -1.86. The van der Waals surface area contributed by atoms with Crippen molar-refractivity contribution < 1.29 is 9.46 Å². The maximum absolute atomic E-state index is 8.51. The summed E-state index contributed by atoms with van der Waals surface area (Å²) < 4.78 is 8.51. The van der Waals surface area contributed by atoms with Gasteiger partial charge in [-0.25, -0.2) is 0 Å². The summed E-state index contributed by atoms with van der Waals surface area (Å²) in [5, 5.41) is 0. The quantitative estimate of drug-likeness (QED) is 0.398. The van der Waals surface area contributed by atoms with Crippen LogP contribution in [0.5, 0.6) is 0 Å². The SMILES string of the molecule is CCCCCCCCCCCCc1ccccc1.O=[PH+]O. The summed E-state index contributed by atoms with van der Waals surface area (Å²) in [7, 11) is -1.17. The minimum atomic E-state index is -1.17. The molecule has 0 aliphatic heterocycles. The van der Waals surface area contributed by atoms with Gasteiger partial charge in [0.05, 0.1) is 0 Å². The molecule has 0 spiro atoms. The third-order valence-electron chi connectivity index (χ3n) is 3.66. The predicted molar refractivity (Wildman–Crippen MR) is 93.2 cm³/mol. The Morgan fingerprint density at radius 1 is 0.810 bits per heavy atom. The lowest BCUT2D eigenvalue weighted by Gasteiger charge is -2.03. The van der Waals surface area contributed by atoms with Crippen LogP contribution in [0.15, 0.2) is 30.3 Å². The molecule has 1 N–H and O–H groups in total. The average Bonchev–Trinajstić information content (AvgIpc) is 2.51. The highest BCUT2D eigenvalue weighted by Gasteiger charge is 1.94. The van der Waals surface area contributed by atoms with E-state index in [2.05, 4.69) is 37.3 Å². The monoisotopic (exact) mass is 311 g/mol. The fraction of sp³-hybridized carbons (Fsp3) is 0.667. The van der Waals surface area contributed by atoms with Crippen LogP contribution in [-0.4, -0.2) is 4.89 Å². The molecule has 0 amide bonds. The van der Waals surface area contributed by atoms with Gasteiger partial charge in [0, 0.05) is 0 Å². The van der Waals surface area contributed by atoms with Gasteiger partial charge in [-0.3, -0.25) is 0 Å². The molecule has 0 saturated heterocycles. The Balaban J connectivity index is 0.00000122. The number of hydrogen-bond acceptors (Lipinski definition) is 1. The molecule has 0 aromatic heterocycles. The molecule has 120 valence electrons. The van der Waals surface area contributed by atoms with Gasteiger partial charge in [0.1, 0.15) is 0 Å². The summed E-state index contributed by atoms with van der Waals surface area (Å²) in [6.45, 7) is 2.28. The van der Waals surface area contributed by atoms with Crippen LogP contribution in [0, 0.1) is 0 Å². The number of rotatable bonds is 11. The van der Waals surface area contributed by atoms with E-state index >= 15 is 0 Å². The second-order valence-corrected chi connectivity index (χ2v) is 5.69. The molecular weight excluding hydrogens is 279 g/mol. The molecule has 3 heteroatoms. The summed E-state index contributed by atoms with van der Waals surface area (Å²) in [5.74, 6) is 0. The smallest absolute Gasteiger partial charge is 0.162 e. The largest absolute Gasteiger partial charge is 0.491 e. The highest BCUT2D eigenvalue weighted by Crippen LogP contribution is 2.12. The zero-order valence-corrected chi connectivity index (χ0v) is 14.5. The molecule has 21 heavy (non-hydrogen) atoms. The van der Waals surface area contributed by atoms with E-state index in [9.17, 15) is 0 Å². The Bertz CT molecular complexity index is 314. The van der Waals surface area contributed by atoms with Crippen molar-refractivity contribution in [3.05, 3.63) is 35.9 Å². The molecule has 1 aromatic rings. The Morgan fingerprint density at radius 2 is 1.24 bits per heavy atom. The number of hydrogen-bond donors (Lipinski definition) is 1. The van der Waals surface area contributed by atoms with Crippen LogP contribution in [0.3, 0.4) is 0 Å². The second-order valence-electron chi connectivity index (χ2n) is 5.51. The van der Waals surface area contributed by atoms with Gasteiger partial charge in [-0.2, -0.15) is 4.89 Å². The van der Waals surface area contributed by atoms with E-state index in [1.54, 1.807) is 0 Å². The van der Waals surface area contributed by atoms with Gasteiger partial charge >= 0.3 is 8.69 Å². The third kappa shape index (κ3) is 15.5. The minimum Gasteiger partial charge on any atom is -0.162 e. The van der Waals surface area contributed by atoms with E-state index in [0.717, 1.165) is 0 Å². The van der Waals surface area contributed by atoms with E-state index in [-0.39, 0.29) is 0 Å². The standard InChI is InChI=1S/C18H30.HO2P/c1-2-3-4-5-6-7-8-9-10-12-15-18-16-13-11-14-17-18;1-3-2/h11,13-14,16-17H,2-10,12,15H2,1H3;3H/p+1. The van der Waals surface area contributed by atoms with Crippen molar-refractivity contribution in [2.24, 2.45) is 0 Å².